The fourth-order valence-electron chi connectivity index (χ4n) is 9.35. The van der Waals surface area contributed by atoms with Gasteiger partial charge in [0.2, 0.25) is 17.8 Å². The minimum absolute atomic E-state index is 0.0449. The van der Waals surface area contributed by atoms with E-state index in [1.807, 2.05) is 6.20 Å². The number of fused-ring (bicyclic) bond motifs is 2. The lowest BCUT2D eigenvalue weighted by molar-refractivity contribution is -0.137. The lowest BCUT2D eigenvalue weighted by Crippen LogP contribution is -2.56. The molecular formula is C47H57ClFN9O5. The number of ether oxygens (including phenoxy) is 1. The molecule has 3 atom stereocenters. The molecule has 0 spiro atoms. The Bertz CT molecular complexity index is 2340. The standard InChI is InChI=1S/C47H57ClFN9O5/c1-29-21-31(22-41-43(29)58(47(62)56(41)2)40-14-15-42(60)54-45(40)61)5-3-19-63-20-4-16-50-17-18-51-26-30-6-8-32(9-7-30)39-28-57(36-10-12-37(59)13-11-36)44-38(39)27-52-46(55-44)53-35-24-33(48)23-34(49)25-35/h6-9,21-25,27-29,36-37,40,43,50-51,59H,3-5,10-20,26H2,1-2H3,(H,52,53,55)(H,54,60,61). The topological polar surface area (TPSA) is 166 Å². The number of imide groups is 1. The number of aliphatic hydroxyl groups excluding tert-OH is 1. The molecule has 0 radical (unpaired) electrons. The molecule has 2 saturated heterocycles. The van der Waals surface area contributed by atoms with Gasteiger partial charge in [0.25, 0.3) is 0 Å². The molecule has 8 rings (SSSR count). The second-order valence-corrected chi connectivity index (χ2v) is 17.6. The van der Waals surface area contributed by atoms with Gasteiger partial charge in [-0.25, -0.2) is 14.2 Å². The van der Waals surface area contributed by atoms with Crippen molar-refractivity contribution < 1.29 is 28.6 Å². The molecule has 4 aromatic rings. The molecule has 2 aromatic carbocycles. The van der Waals surface area contributed by atoms with E-state index in [0.29, 0.717) is 31.3 Å². The Balaban J connectivity index is 0.742. The molecule has 1 saturated carbocycles. The van der Waals surface area contributed by atoms with Crippen LogP contribution in [0.2, 0.25) is 5.02 Å². The van der Waals surface area contributed by atoms with E-state index in [1.165, 1.54) is 23.3 Å². The van der Waals surface area contributed by atoms with Crippen LogP contribution >= 0.6 is 11.6 Å². The Morgan fingerprint density at radius 2 is 1.76 bits per heavy atom. The minimum Gasteiger partial charge on any atom is -0.393 e. The largest absolute Gasteiger partial charge is 0.393 e. The molecular weight excluding hydrogens is 825 g/mol. The van der Waals surface area contributed by atoms with E-state index in [2.05, 4.69) is 80.4 Å². The molecule has 0 bridgehead atoms. The number of anilines is 2. The zero-order chi connectivity index (χ0) is 44.0. The van der Waals surface area contributed by atoms with Crippen LogP contribution in [0, 0.1) is 11.7 Å². The van der Waals surface area contributed by atoms with E-state index >= 15 is 0 Å². The number of hydrogen-bond donors (Lipinski definition) is 5. The molecule has 2 aliphatic heterocycles. The van der Waals surface area contributed by atoms with E-state index in [4.69, 9.17) is 21.3 Å². The van der Waals surface area contributed by atoms with Crippen molar-refractivity contribution in [3.05, 3.63) is 94.7 Å². The Morgan fingerprint density at radius 3 is 2.54 bits per heavy atom. The molecule has 5 N–H and O–H groups in total. The number of nitrogens with zero attached hydrogens (tertiary/aromatic N) is 5. The molecule has 2 aliphatic carbocycles. The van der Waals surface area contributed by atoms with E-state index in [-0.39, 0.29) is 47.5 Å². The summed E-state index contributed by atoms with van der Waals surface area (Å²) in [5.41, 5.74) is 6.61. The van der Waals surface area contributed by atoms with Gasteiger partial charge < -0.3 is 35.3 Å². The number of urea groups is 1. The Morgan fingerprint density at radius 1 is 0.984 bits per heavy atom. The first-order valence-corrected chi connectivity index (χ1v) is 22.6. The van der Waals surface area contributed by atoms with Gasteiger partial charge in [0, 0.05) is 98.0 Å². The Kier molecular flexibility index (Phi) is 14.2. The first kappa shape index (κ1) is 44.4. The molecule has 334 valence electrons. The summed E-state index contributed by atoms with van der Waals surface area (Å²) in [6.45, 7) is 6.71. The van der Waals surface area contributed by atoms with Gasteiger partial charge in [0.05, 0.1) is 12.1 Å². The third-order valence-electron chi connectivity index (χ3n) is 12.6. The van der Waals surface area contributed by atoms with Crippen molar-refractivity contribution in [2.24, 2.45) is 5.92 Å². The molecule has 14 nitrogen and oxygen atoms in total. The number of piperidine rings is 1. The predicted octanol–water partition coefficient (Wildman–Crippen LogP) is 6.98. The van der Waals surface area contributed by atoms with E-state index in [0.717, 1.165) is 99.0 Å². The summed E-state index contributed by atoms with van der Waals surface area (Å²) in [6.07, 6.45) is 14.4. The Hall–Kier alpha value is -5.19. The van der Waals surface area contributed by atoms with Crippen LogP contribution in [-0.2, 0) is 20.9 Å². The van der Waals surface area contributed by atoms with Crippen molar-refractivity contribution in [1.29, 1.82) is 0 Å². The summed E-state index contributed by atoms with van der Waals surface area (Å²) < 4.78 is 22.2. The molecule has 4 amide bonds. The quantitative estimate of drug-likeness (QED) is 0.0520. The van der Waals surface area contributed by atoms with E-state index < -0.39 is 17.8 Å². The second kappa shape index (κ2) is 20.1. The van der Waals surface area contributed by atoms with Crippen molar-refractivity contribution in [1.82, 2.24) is 40.3 Å². The maximum atomic E-state index is 14.0. The van der Waals surface area contributed by atoms with Crippen LogP contribution < -0.4 is 21.3 Å². The maximum Gasteiger partial charge on any atom is 0.325 e. The van der Waals surface area contributed by atoms with Crippen molar-refractivity contribution in [3.63, 3.8) is 0 Å². The fraction of sp³-hybridized carbons (Fsp3) is 0.468. The van der Waals surface area contributed by atoms with Crippen molar-refractivity contribution in [2.45, 2.75) is 95.5 Å². The molecule has 2 aromatic heterocycles. The lowest BCUT2D eigenvalue weighted by atomic mass is 9.87. The molecule has 16 heteroatoms. The van der Waals surface area contributed by atoms with Gasteiger partial charge in [-0.05, 0) is 98.9 Å². The second-order valence-electron chi connectivity index (χ2n) is 17.2. The highest BCUT2D eigenvalue weighted by atomic mass is 35.5. The molecule has 4 heterocycles. The summed E-state index contributed by atoms with van der Waals surface area (Å²) in [5.74, 6) is -0.730. The summed E-state index contributed by atoms with van der Waals surface area (Å²) in [6, 6.07) is 11.9. The van der Waals surface area contributed by atoms with Crippen LogP contribution in [-0.4, -0.2) is 105 Å². The summed E-state index contributed by atoms with van der Waals surface area (Å²) in [5, 5.41) is 23.9. The van der Waals surface area contributed by atoms with E-state index in [9.17, 15) is 23.9 Å². The number of aliphatic hydroxyl groups is 1. The van der Waals surface area contributed by atoms with Gasteiger partial charge in [-0.15, -0.1) is 0 Å². The number of allylic oxidation sites excluding steroid dienone is 2. The average molecular weight is 882 g/mol. The normalized spacial score (nSPS) is 22.6. The smallest absolute Gasteiger partial charge is 0.325 e. The fourth-order valence-corrected chi connectivity index (χ4v) is 9.57. The number of likely N-dealkylation sites (N-methyl/N-ethyl adjacent to an activating group) is 1. The van der Waals surface area contributed by atoms with Crippen LogP contribution in [0.15, 0.2) is 78.3 Å². The van der Waals surface area contributed by atoms with Crippen LogP contribution in [0.4, 0.5) is 20.8 Å². The lowest BCUT2D eigenvalue weighted by Gasteiger charge is -2.36. The molecule has 3 fully saturated rings. The van der Waals surface area contributed by atoms with Crippen LogP contribution in [0.3, 0.4) is 0 Å². The van der Waals surface area contributed by atoms with Crippen LogP contribution in [0.5, 0.6) is 0 Å². The summed E-state index contributed by atoms with van der Waals surface area (Å²) >= 11 is 6.08. The number of benzene rings is 2. The van der Waals surface area contributed by atoms with Gasteiger partial charge >= 0.3 is 6.03 Å². The number of aromatic nitrogens is 3. The number of carbonyl (C=O) groups is 3. The maximum absolute atomic E-state index is 14.0. The molecule has 3 unspecified atom stereocenters. The van der Waals surface area contributed by atoms with Crippen LogP contribution in [0.1, 0.15) is 76.3 Å². The summed E-state index contributed by atoms with van der Waals surface area (Å²) in [4.78, 5) is 50.3. The SMILES string of the molecule is CC1C=C(CCCOCCCNCCNCc2ccc(-c3cn(C4CCC(O)CC4)c4nc(Nc5cc(F)cc(Cl)c5)ncc34)cc2)C=C2C1N(C1CCC(=O)NC1=O)C(=O)N2C. The zero-order valence-corrected chi connectivity index (χ0v) is 36.7. The third-order valence-corrected chi connectivity index (χ3v) is 12.8. The monoisotopic (exact) mass is 881 g/mol. The number of amides is 4. The Labute approximate surface area is 372 Å². The summed E-state index contributed by atoms with van der Waals surface area (Å²) in [7, 11) is 1.76. The highest BCUT2D eigenvalue weighted by Gasteiger charge is 2.49. The van der Waals surface area contributed by atoms with E-state index in [1.54, 1.807) is 22.9 Å². The van der Waals surface area contributed by atoms with Crippen LogP contribution in [0.25, 0.3) is 22.2 Å². The number of halogens is 2. The van der Waals surface area contributed by atoms with Crippen molar-refractivity contribution in [3.8, 4) is 11.1 Å². The number of rotatable bonds is 18. The number of hydrogen-bond acceptors (Lipinski definition) is 10. The van der Waals surface area contributed by atoms with Crippen molar-refractivity contribution >= 4 is 52.1 Å². The first-order valence-electron chi connectivity index (χ1n) is 22.2. The van der Waals surface area contributed by atoms with Gasteiger partial charge in [-0.3, -0.25) is 19.8 Å². The first-order chi connectivity index (χ1) is 30.5. The van der Waals surface area contributed by atoms with Crippen molar-refractivity contribution in [2.75, 3.05) is 45.2 Å². The van der Waals surface area contributed by atoms with Gasteiger partial charge in [-0.1, -0.05) is 48.9 Å². The zero-order valence-electron chi connectivity index (χ0n) is 35.9. The third kappa shape index (κ3) is 10.4. The van der Waals surface area contributed by atoms with Gasteiger partial charge in [-0.2, -0.15) is 4.98 Å². The van der Waals surface area contributed by atoms with Gasteiger partial charge in [0.15, 0.2) is 0 Å². The highest BCUT2D eigenvalue weighted by Crippen LogP contribution is 2.40. The average Bonchev–Trinajstić information content (AvgIpc) is 3.75. The number of nitrogens with one attached hydrogen (secondary N) is 4. The molecule has 4 aliphatic rings. The molecule has 63 heavy (non-hydrogen) atoms. The predicted molar refractivity (Wildman–Crippen MR) is 241 cm³/mol. The highest BCUT2D eigenvalue weighted by molar-refractivity contribution is 6.30. The minimum atomic E-state index is -0.637. The number of carbonyl (C=O) groups excluding carboxylic acids is 3. The van der Waals surface area contributed by atoms with Gasteiger partial charge in [0.1, 0.15) is 17.5 Å².